The number of halogens is 2. The zero-order valence-electron chi connectivity index (χ0n) is 9.87. The van der Waals surface area contributed by atoms with Crippen molar-refractivity contribution in [1.29, 1.82) is 0 Å². The fourth-order valence-electron chi connectivity index (χ4n) is 1.66. The lowest BCUT2D eigenvalue weighted by Crippen LogP contribution is -2.16. The van der Waals surface area contributed by atoms with Crippen molar-refractivity contribution in [2.24, 2.45) is 0 Å². The summed E-state index contributed by atoms with van der Waals surface area (Å²) in [5, 5.41) is 3.44. The van der Waals surface area contributed by atoms with E-state index in [0.717, 1.165) is 28.5 Å². The van der Waals surface area contributed by atoms with Gasteiger partial charge in [0.2, 0.25) is 0 Å². The van der Waals surface area contributed by atoms with Gasteiger partial charge in [0.25, 0.3) is 0 Å². The minimum Gasteiger partial charge on any atom is -0.312 e. The Labute approximate surface area is 124 Å². The molecule has 2 aromatic rings. The van der Waals surface area contributed by atoms with Crippen molar-refractivity contribution in [2.75, 3.05) is 6.54 Å². The van der Waals surface area contributed by atoms with Gasteiger partial charge in [0.15, 0.2) is 0 Å². The average molecular weight is 370 g/mol. The van der Waals surface area contributed by atoms with Crippen LogP contribution in [-0.2, 0) is 13.0 Å². The highest BCUT2D eigenvalue weighted by atomic mass is 79.9. The fraction of sp³-hybridized carbons (Fsp3) is 0.214. The molecule has 0 atom stereocenters. The first-order chi connectivity index (χ1) is 8.75. The molecule has 0 radical (unpaired) electrons. The predicted molar refractivity (Wildman–Crippen MR) is 81.5 cm³/mol. The maximum absolute atomic E-state index is 4.01. The van der Waals surface area contributed by atoms with Gasteiger partial charge in [-0.25, -0.2) is 0 Å². The highest BCUT2D eigenvalue weighted by Crippen LogP contribution is 2.23. The summed E-state index contributed by atoms with van der Waals surface area (Å²) in [4.78, 5) is 4.01. The quantitative estimate of drug-likeness (QED) is 0.807. The Kier molecular flexibility index (Phi) is 5.35. The normalized spacial score (nSPS) is 10.6. The van der Waals surface area contributed by atoms with Crippen LogP contribution in [-0.4, -0.2) is 11.5 Å². The second-order valence-corrected chi connectivity index (χ2v) is 5.74. The van der Waals surface area contributed by atoms with Crippen LogP contribution in [0.25, 0.3) is 0 Å². The number of hydrogen-bond acceptors (Lipinski definition) is 2. The summed E-state index contributed by atoms with van der Waals surface area (Å²) >= 11 is 6.98. The number of benzene rings is 1. The molecule has 4 heteroatoms. The number of rotatable bonds is 5. The number of hydrogen-bond donors (Lipinski definition) is 1. The van der Waals surface area contributed by atoms with E-state index in [9.17, 15) is 0 Å². The zero-order chi connectivity index (χ0) is 12.8. The summed E-state index contributed by atoms with van der Waals surface area (Å²) in [6.07, 6.45) is 4.70. The molecular formula is C14H14Br2N2. The molecule has 18 heavy (non-hydrogen) atoms. The van der Waals surface area contributed by atoms with Crippen molar-refractivity contribution in [1.82, 2.24) is 10.3 Å². The Morgan fingerprint density at radius 3 is 2.44 bits per heavy atom. The lowest BCUT2D eigenvalue weighted by Gasteiger charge is -2.06. The van der Waals surface area contributed by atoms with Gasteiger partial charge in [-0.1, -0.05) is 6.07 Å². The van der Waals surface area contributed by atoms with Gasteiger partial charge in [-0.3, -0.25) is 4.98 Å². The van der Waals surface area contributed by atoms with Gasteiger partial charge in [-0.2, -0.15) is 0 Å². The van der Waals surface area contributed by atoms with Crippen LogP contribution in [0, 0.1) is 0 Å². The van der Waals surface area contributed by atoms with Crippen molar-refractivity contribution in [3.8, 4) is 0 Å². The maximum Gasteiger partial charge on any atom is 0.0320 e. The number of nitrogens with zero attached hydrogens (tertiary/aromatic N) is 1. The molecule has 2 rings (SSSR count). The molecule has 2 nitrogen and oxygen atoms in total. The molecule has 0 saturated heterocycles. The lowest BCUT2D eigenvalue weighted by atomic mass is 10.2. The Hall–Kier alpha value is -0.710. The molecule has 94 valence electrons. The third-order valence-electron chi connectivity index (χ3n) is 2.65. The Morgan fingerprint density at radius 1 is 0.944 bits per heavy atom. The summed E-state index contributed by atoms with van der Waals surface area (Å²) in [6.45, 7) is 1.86. The summed E-state index contributed by atoms with van der Waals surface area (Å²) in [7, 11) is 0. The molecule has 0 spiro atoms. The number of aromatic nitrogens is 1. The Balaban J connectivity index is 1.77. The van der Waals surface area contributed by atoms with E-state index in [0.29, 0.717) is 0 Å². The van der Waals surface area contributed by atoms with Crippen LogP contribution in [0.5, 0.6) is 0 Å². The van der Waals surface area contributed by atoms with Gasteiger partial charge in [0.1, 0.15) is 0 Å². The molecule has 1 N–H and O–H groups in total. The van der Waals surface area contributed by atoms with Gasteiger partial charge < -0.3 is 5.32 Å². The minimum atomic E-state index is 0.886. The zero-order valence-corrected chi connectivity index (χ0v) is 13.0. The highest BCUT2D eigenvalue weighted by Gasteiger charge is 1.98. The Bertz CT molecular complexity index is 500. The molecule has 0 aliphatic heterocycles. The minimum absolute atomic E-state index is 0.886. The summed E-state index contributed by atoms with van der Waals surface area (Å²) in [5.74, 6) is 0. The van der Waals surface area contributed by atoms with Crippen LogP contribution in [0.1, 0.15) is 11.1 Å². The second-order valence-electron chi connectivity index (χ2n) is 4.03. The van der Waals surface area contributed by atoms with E-state index in [1.165, 1.54) is 11.1 Å². The van der Waals surface area contributed by atoms with Gasteiger partial charge in [-0.05, 0) is 80.2 Å². The molecular weight excluding hydrogens is 356 g/mol. The van der Waals surface area contributed by atoms with Crippen LogP contribution in [0.15, 0.2) is 51.7 Å². The van der Waals surface area contributed by atoms with Crippen molar-refractivity contribution >= 4 is 31.9 Å². The molecule has 0 aliphatic carbocycles. The first-order valence-electron chi connectivity index (χ1n) is 5.79. The molecule has 1 aromatic carbocycles. The average Bonchev–Trinajstić information content (AvgIpc) is 2.40. The molecule has 0 unspecified atom stereocenters. The van der Waals surface area contributed by atoms with E-state index < -0.39 is 0 Å². The molecule has 0 saturated carbocycles. The van der Waals surface area contributed by atoms with Gasteiger partial charge in [-0.15, -0.1) is 0 Å². The van der Waals surface area contributed by atoms with Crippen LogP contribution in [0.3, 0.4) is 0 Å². The van der Waals surface area contributed by atoms with E-state index in [1.54, 1.807) is 0 Å². The van der Waals surface area contributed by atoms with Crippen LogP contribution >= 0.6 is 31.9 Å². The second kappa shape index (κ2) is 7.02. The van der Waals surface area contributed by atoms with Crippen molar-refractivity contribution < 1.29 is 0 Å². The van der Waals surface area contributed by atoms with E-state index in [-0.39, 0.29) is 0 Å². The largest absolute Gasteiger partial charge is 0.312 e. The van der Waals surface area contributed by atoms with E-state index in [4.69, 9.17) is 0 Å². The molecule has 0 amide bonds. The first-order valence-corrected chi connectivity index (χ1v) is 7.38. The molecule has 0 aliphatic rings. The summed E-state index contributed by atoms with van der Waals surface area (Å²) in [5.41, 5.74) is 2.59. The molecule has 0 bridgehead atoms. The van der Waals surface area contributed by atoms with E-state index >= 15 is 0 Å². The smallest absolute Gasteiger partial charge is 0.0320 e. The van der Waals surface area contributed by atoms with Crippen LogP contribution in [0.4, 0.5) is 0 Å². The molecule has 1 aromatic heterocycles. The monoisotopic (exact) mass is 368 g/mol. The third kappa shape index (κ3) is 4.19. The van der Waals surface area contributed by atoms with Gasteiger partial charge in [0, 0.05) is 27.9 Å². The van der Waals surface area contributed by atoms with Crippen molar-refractivity contribution in [2.45, 2.75) is 13.0 Å². The first kappa shape index (κ1) is 13.7. The SMILES string of the molecule is Brc1ccc(CNCCc2ccncc2)cc1Br. The third-order valence-corrected chi connectivity index (χ3v) is 4.53. The topological polar surface area (TPSA) is 24.9 Å². The predicted octanol–water partition coefficient (Wildman–Crippen LogP) is 3.94. The van der Waals surface area contributed by atoms with E-state index in [2.05, 4.69) is 72.5 Å². The highest BCUT2D eigenvalue weighted by molar-refractivity contribution is 9.13. The maximum atomic E-state index is 4.01. The van der Waals surface area contributed by atoms with E-state index in [1.807, 2.05) is 12.4 Å². The summed E-state index contributed by atoms with van der Waals surface area (Å²) in [6, 6.07) is 10.4. The van der Waals surface area contributed by atoms with Gasteiger partial charge >= 0.3 is 0 Å². The van der Waals surface area contributed by atoms with Crippen molar-refractivity contribution in [3.05, 3.63) is 62.8 Å². The fourth-order valence-corrected chi connectivity index (χ4v) is 2.34. The number of nitrogens with one attached hydrogen (secondary N) is 1. The molecule has 0 fully saturated rings. The number of pyridine rings is 1. The standard InChI is InChI=1S/C14H14Br2N2/c15-13-2-1-12(9-14(13)16)10-18-8-5-11-3-6-17-7-4-11/h1-4,6-7,9,18H,5,8,10H2. The Morgan fingerprint density at radius 2 is 1.72 bits per heavy atom. The van der Waals surface area contributed by atoms with Crippen molar-refractivity contribution in [3.63, 3.8) is 0 Å². The van der Waals surface area contributed by atoms with Crippen LogP contribution < -0.4 is 5.32 Å². The van der Waals surface area contributed by atoms with Gasteiger partial charge in [0.05, 0.1) is 0 Å². The lowest BCUT2D eigenvalue weighted by molar-refractivity contribution is 0.686. The molecule has 1 heterocycles. The van der Waals surface area contributed by atoms with Crippen LogP contribution in [0.2, 0.25) is 0 Å². The summed E-state index contributed by atoms with van der Waals surface area (Å²) < 4.78 is 2.18.